The summed E-state index contributed by atoms with van der Waals surface area (Å²) >= 11 is 0. The lowest BCUT2D eigenvalue weighted by Crippen LogP contribution is -1.74. The Bertz CT molecular complexity index is 534. The minimum Gasteiger partial charge on any atom is -0.197 e. The Morgan fingerprint density at radius 3 is 3.13 bits per heavy atom. The standard InChI is InChI=1S/C9H8N6/c10-14-11-5-1-2-7-3-4-8-9(6-7)13-15-12-8/h1-4,6H,5H2,(H,12,13,15). The average Bonchev–Trinajstić information content (AvgIpc) is 2.71. The van der Waals surface area contributed by atoms with E-state index in [-0.39, 0.29) is 0 Å². The van der Waals surface area contributed by atoms with Gasteiger partial charge in [-0.05, 0) is 23.2 Å². The van der Waals surface area contributed by atoms with E-state index >= 15 is 0 Å². The number of H-pyrrole nitrogens is 1. The van der Waals surface area contributed by atoms with E-state index in [1.165, 1.54) is 0 Å². The van der Waals surface area contributed by atoms with Crippen molar-refractivity contribution in [3.63, 3.8) is 0 Å². The molecule has 0 aliphatic carbocycles. The molecule has 15 heavy (non-hydrogen) atoms. The Labute approximate surface area is 85.2 Å². The predicted molar refractivity (Wildman–Crippen MR) is 56.9 cm³/mol. The number of nitrogens with one attached hydrogen (secondary N) is 1. The first-order valence-corrected chi connectivity index (χ1v) is 4.38. The summed E-state index contributed by atoms with van der Waals surface area (Å²) in [5, 5.41) is 13.9. The zero-order chi connectivity index (χ0) is 10.5. The van der Waals surface area contributed by atoms with Crippen molar-refractivity contribution in [3.8, 4) is 0 Å². The van der Waals surface area contributed by atoms with Crippen LogP contribution in [0, 0.1) is 0 Å². The van der Waals surface area contributed by atoms with Gasteiger partial charge in [-0.25, -0.2) is 0 Å². The molecule has 1 aromatic carbocycles. The number of hydrogen-bond donors (Lipinski definition) is 1. The molecule has 74 valence electrons. The van der Waals surface area contributed by atoms with Crippen molar-refractivity contribution >= 4 is 17.1 Å². The first-order chi connectivity index (χ1) is 7.40. The van der Waals surface area contributed by atoms with Crippen LogP contribution in [0.25, 0.3) is 27.6 Å². The van der Waals surface area contributed by atoms with E-state index in [2.05, 4.69) is 25.4 Å². The van der Waals surface area contributed by atoms with Gasteiger partial charge in [0.05, 0.1) is 0 Å². The Hall–Kier alpha value is -2.33. The first kappa shape index (κ1) is 9.23. The van der Waals surface area contributed by atoms with Crippen molar-refractivity contribution in [2.24, 2.45) is 5.11 Å². The monoisotopic (exact) mass is 200 g/mol. The number of nitrogens with zero attached hydrogens (tertiary/aromatic N) is 5. The van der Waals surface area contributed by atoms with Crippen LogP contribution in [0.5, 0.6) is 0 Å². The lowest BCUT2D eigenvalue weighted by molar-refractivity contribution is 0.959. The maximum Gasteiger partial charge on any atom is 0.113 e. The fraction of sp³-hybridized carbons (Fsp3) is 0.111. The van der Waals surface area contributed by atoms with E-state index in [4.69, 9.17) is 5.53 Å². The molecular weight excluding hydrogens is 192 g/mol. The van der Waals surface area contributed by atoms with Crippen molar-refractivity contribution in [1.29, 1.82) is 0 Å². The number of benzene rings is 1. The molecule has 0 aliphatic rings. The van der Waals surface area contributed by atoms with Gasteiger partial charge >= 0.3 is 0 Å². The molecule has 0 fully saturated rings. The van der Waals surface area contributed by atoms with Crippen LogP contribution >= 0.6 is 0 Å². The van der Waals surface area contributed by atoms with Crippen LogP contribution in [0.4, 0.5) is 0 Å². The summed E-state index contributed by atoms with van der Waals surface area (Å²) in [6.45, 7) is 0.355. The van der Waals surface area contributed by atoms with Gasteiger partial charge in [0.1, 0.15) is 11.0 Å². The van der Waals surface area contributed by atoms with Crippen LogP contribution in [-0.4, -0.2) is 22.0 Å². The second-order valence-electron chi connectivity index (χ2n) is 2.89. The van der Waals surface area contributed by atoms with Gasteiger partial charge in [-0.15, -0.1) is 0 Å². The highest BCUT2D eigenvalue weighted by molar-refractivity contribution is 5.76. The van der Waals surface area contributed by atoms with Crippen LogP contribution in [0.15, 0.2) is 29.4 Å². The van der Waals surface area contributed by atoms with Crippen molar-refractivity contribution in [1.82, 2.24) is 15.4 Å². The summed E-state index contributed by atoms with van der Waals surface area (Å²) in [6.07, 6.45) is 3.67. The quantitative estimate of drug-likeness (QED) is 0.467. The molecule has 0 spiro atoms. The van der Waals surface area contributed by atoms with Crippen LogP contribution < -0.4 is 0 Å². The second kappa shape index (κ2) is 4.26. The smallest absolute Gasteiger partial charge is 0.113 e. The molecule has 0 saturated carbocycles. The lowest BCUT2D eigenvalue weighted by atomic mass is 10.2. The van der Waals surface area contributed by atoms with Gasteiger partial charge in [0.25, 0.3) is 0 Å². The highest BCUT2D eigenvalue weighted by Gasteiger charge is 1.96. The summed E-state index contributed by atoms with van der Waals surface area (Å²) in [4.78, 5) is 2.65. The first-order valence-electron chi connectivity index (χ1n) is 4.38. The molecule has 0 bridgehead atoms. The molecule has 2 rings (SSSR count). The van der Waals surface area contributed by atoms with Gasteiger partial charge in [0.2, 0.25) is 0 Å². The average molecular weight is 200 g/mol. The minimum atomic E-state index is 0.355. The van der Waals surface area contributed by atoms with Gasteiger partial charge in [0, 0.05) is 11.5 Å². The molecule has 6 nitrogen and oxygen atoms in total. The zero-order valence-corrected chi connectivity index (χ0v) is 7.83. The third-order valence-corrected chi connectivity index (χ3v) is 1.90. The van der Waals surface area contributed by atoms with Crippen LogP contribution in [0.1, 0.15) is 5.56 Å². The van der Waals surface area contributed by atoms with Gasteiger partial charge in [-0.2, -0.15) is 15.4 Å². The third kappa shape index (κ3) is 2.12. The second-order valence-corrected chi connectivity index (χ2v) is 2.89. The fourth-order valence-electron chi connectivity index (χ4n) is 1.23. The predicted octanol–water partition coefficient (Wildman–Crippen LogP) is 2.28. The van der Waals surface area contributed by atoms with E-state index in [1.807, 2.05) is 24.3 Å². The topological polar surface area (TPSA) is 90.3 Å². The number of azide groups is 1. The molecule has 0 amide bonds. The Morgan fingerprint density at radius 2 is 2.27 bits per heavy atom. The molecule has 1 aromatic heterocycles. The molecule has 0 radical (unpaired) electrons. The number of aromatic nitrogens is 3. The van der Waals surface area contributed by atoms with Crippen molar-refractivity contribution in [2.75, 3.05) is 6.54 Å². The summed E-state index contributed by atoms with van der Waals surface area (Å²) in [5.74, 6) is 0. The molecular formula is C9H8N6. The molecule has 2 aromatic rings. The zero-order valence-electron chi connectivity index (χ0n) is 7.83. The summed E-state index contributed by atoms with van der Waals surface area (Å²) < 4.78 is 0. The van der Waals surface area contributed by atoms with E-state index in [0.717, 1.165) is 16.6 Å². The number of fused-ring (bicyclic) bond motifs is 1. The number of rotatable bonds is 3. The highest BCUT2D eigenvalue weighted by atomic mass is 15.3. The summed E-state index contributed by atoms with van der Waals surface area (Å²) in [5.41, 5.74) is 10.7. The van der Waals surface area contributed by atoms with Crippen LogP contribution in [0.2, 0.25) is 0 Å². The molecule has 0 saturated heterocycles. The maximum absolute atomic E-state index is 8.08. The van der Waals surface area contributed by atoms with Crippen LogP contribution in [-0.2, 0) is 0 Å². The normalized spacial score (nSPS) is 10.7. The SMILES string of the molecule is [N-]=[N+]=NCC=Cc1ccc2n[nH]nc2c1. The summed E-state index contributed by atoms with van der Waals surface area (Å²) in [6, 6.07) is 5.72. The fourth-order valence-corrected chi connectivity index (χ4v) is 1.23. The molecule has 6 heteroatoms. The number of hydrogen-bond acceptors (Lipinski definition) is 3. The lowest BCUT2D eigenvalue weighted by Gasteiger charge is -1.91. The Balaban J connectivity index is 2.20. The van der Waals surface area contributed by atoms with E-state index in [1.54, 1.807) is 6.08 Å². The van der Waals surface area contributed by atoms with Crippen molar-refractivity contribution in [2.45, 2.75) is 0 Å². The van der Waals surface area contributed by atoms with E-state index in [9.17, 15) is 0 Å². The van der Waals surface area contributed by atoms with Gasteiger partial charge < -0.3 is 0 Å². The Kier molecular flexibility index (Phi) is 2.62. The highest BCUT2D eigenvalue weighted by Crippen LogP contribution is 2.11. The Morgan fingerprint density at radius 1 is 1.40 bits per heavy atom. The third-order valence-electron chi connectivity index (χ3n) is 1.90. The van der Waals surface area contributed by atoms with Crippen LogP contribution in [0.3, 0.4) is 0 Å². The summed E-state index contributed by atoms with van der Waals surface area (Å²) in [7, 11) is 0. The molecule has 0 aliphatic heterocycles. The number of aromatic amines is 1. The van der Waals surface area contributed by atoms with Gasteiger partial charge in [0.15, 0.2) is 0 Å². The van der Waals surface area contributed by atoms with Crippen molar-refractivity contribution in [3.05, 3.63) is 40.3 Å². The maximum atomic E-state index is 8.08. The molecule has 0 unspecified atom stereocenters. The minimum absolute atomic E-state index is 0.355. The molecule has 1 N–H and O–H groups in total. The van der Waals surface area contributed by atoms with Gasteiger partial charge in [-0.1, -0.05) is 23.3 Å². The molecule has 1 heterocycles. The van der Waals surface area contributed by atoms with E-state index in [0.29, 0.717) is 6.54 Å². The van der Waals surface area contributed by atoms with Crippen molar-refractivity contribution < 1.29 is 0 Å². The largest absolute Gasteiger partial charge is 0.197 e. The molecule has 0 atom stereocenters. The van der Waals surface area contributed by atoms with Gasteiger partial charge in [-0.3, -0.25) is 0 Å². The van der Waals surface area contributed by atoms with E-state index < -0.39 is 0 Å².